The molecule has 0 aliphatic carbocycles. The van der Waals surface area contributed by atoms with Gasteiger partial charge in [0.15, 0.2) is 10.8 Å². The summed E-state index contributed by atoms with van der Waals surface area (Å²) in [5.41, 5.74) is -4.47. The Morgan fingerprint density at radius 3 is 1.00 bits per heavy atom. The van der Waals surface area contributed by atoms with Crippen LogP contribution in [0.1, 0.15) is 125 Å². The number of Topliss-reactive ketones (excluding diaryl/α,β-unsaturated/α-hetero) is 3. The van der Waals surface area contributed by atoms with E-state index in [1.807, 2.05) is 13.0 Å². The fraction of sp³-hybridized carbons (Fsp3) is 0.425. The third-order valence-electron chi connectivity index (χ3n) is 11.3. The number of nitrogens with zero attached hydrogens (tertiary/aromatic N) is 2. The fourth-order valence-electron chi connectivity index (χ4n) is 6.39. The molecule has 1 aromatic rings. The maximum atomic E-state index is 12.2. The molecule has 16 nitrogen and oxygen atoms in total. The highest BCUT2D eigenvalue weighted by atomic mass is 32.2. The number of unbranched alkanes of at least 4 members (excludes halogenated alkanes) is 2. The molecular formula is C73H80N2O14S. The number of hydrogen-bond acceptors (Lipinski definition) is 15. The molecule has 90 heavy (non-hydrogen) atoms. The zero-order chi connectivity index (χ0) is 70.7. The number of carbonyl (C=O) groups excluding carboxylic acids is 7. The van der Waals surface area contributed by atoms with Gasteiger partial charge in [-0.2, -0.15) is 9.57 Å². The van der Waals surface area contributed by atoms with Gasteiger partial charge in [0.2, 0.25) is 10.0 Å². The lowest BCUT2D eigenvalue weighted by atomic mass is 9.75. The van der Waals surface area contributed by atoms with Crippen LogP contribution >= 0.6 is 0 Å². The molecule has 0 saturated carbocycles. The van der Waals surface area contributed by atoms with Crippen LogP contribution in [-0.2, 0) is 67.3 Å². The van der Waals surface area contributed by atoms with Crippen molar-refractivity contribution in [3.05, 3.63) is 29.8 Å². The van der Waals surface area contributed by atoms with Crippen molar-refractivity contribution in [3.63, 3.8) is 0 Å². The number of esters is 4. The Bertz CT molecular complexity index is 3080. The number of hydrogen-bond donors (Lipinski definition) is 0. The summed E-state index contributed by atoms with van der Waals surface area (Å²) in [6.45, 7) is 13.7. The van der Waals surface area contributed by atoms with Crippen LogP contribution in [0.15, 0.2) is 29.2 Å². The van der Waals surface area contributed by atoms with Crippen molar-refractivity contribution >= 4 is 51.3 Å². The number of sulfonamides is 1. The minimum Gasteiger partial charge on any atom is -0.465 e. The van der Waals surface area contributed by atoms with E-state index in [1.165, 1.54) is 20.8 Å². The van der Waals surface area contributed by atoms with E-state index in [0.29, 0.717) is 13.2 Å². The number of ketones is 3. The molecule has 0 radical (unpaired) electrons. The Balaban J connectivity index is -0.000000233. The van der Waals surface area contributed by atoms with Crippen molar-refractivity contribution in [2.24, 2.45) is 21.7 Å². The summed E-state index contributed by atoms with van der Waals surface area (Å²) in [4.78, 5) is 81.0. The first kappa shape index (κ1) is 90.5. The maximum Gasteiger partial charge on any atom is 0.328 e. The van der Waals surface area contributed by atoms with Crippen LogP contribution in [0.3, 0.4) is 0 Å². The Hall–Kier alpha value is -10.7. The average Bonchev–Trinajstić information content (AvgIpc) is 3.49. The second-order valence-electron chi connectivity index (χ2n) is 17.7. The molecule has 1 aromatic carbocycles. The van der Waals surface area contributed by atoms with Crippen LogP contribution in [0.4, 0.5) is 0 Å². The molecule has 0 aliphatic heterocycles. The molecular weight excluding hydrogens is 1160 g/mol. The number of benzene rings is 1. The summed E-state index contributed by atoms with van der Waals surface area (Å²) in [5, 5.41) is 8.89. The zero-order valence-corrected chi connectivity index (χ0v) is 53.7. The van der Waals surface area contributed by atoms with Crippen LogP contribution in [0.2, 0.25) is 0 Å². The number of ether oxygens (including phenoxy) is 5. The predicted molar refractivity (Wildman–Crippen MR) is 349 cm³/mol. The lowest BCUT2D eigenvalue weighted by molar-refractivity contribution is -0.171. The van der Waals surface area contributed by atoms with Crippen molar-refractivity contribution in [3.8, 4) is 179 Å². The maximum absolute atomic E-state index is 12.2. The summed E-state index contributed by atoms with van der Waals surface area (Å²) in [6, 6.07) is 8.40. The molecule has 1 rings (SSSR count). The quantitative estimate of drug-likeness (QED) is 0.0272. The Morgan fingerprint density at radius 1 is 0.433 bits per heavy atom. The summed E-state index contributed by atoms with van der Waals surface area (Å²) < 4.78 is 49.3. The second kappa shape index (κ2) is 54.9. The number of terminal acetylenes is 14. The van der Waals surface area contributed by atoms with Crippen LogP contribution in [-0.4, -0.2) is 107 Å². The third-order valence-corrected chi connectivity index (χ3v) is 13.1. The Morgan fingerprint density at radius 2 is 0.733 bits per heavy atom. The molecule has 0 atom stereocenters. The van der Waals surface area contributed by atoms with Crippen LogP contribution in [0.5, 0.6) is 0 Å². The van der Waals surface area contributed by atoms with Gasteiger partial charge in [-0.25, -0.2) is 8.42 Å². The van der Waals surface area contributed by atoms with E-state index in [4.69, 9.17) is 114 Å². The third kappa shape index (κ3) is 34.5. The molecule has 0 fully saturated rings. The second-order valence-corrected chi connectivity index (χ2v) is 19.6. The van der Waals surface area contributed by atoms with Gasteiger partial charge < -0.3 is 23.7 Å². The van der Waals surface area contributed by atoms with E-state index in [0.717, 1.165) is 29.1 Å². The zero-order valence-electron chi connectivity index (χ0n) is 52.8. The Kier molecular flexibility index (Phi) is 55.2. The van der Waals surface area contributed by atoms with E-state index >= 15 is 0 Å². The number of rotatable bonds is 27. The first-order chi connectivity index (χ1) is 42.6. The lowest BCUT2D eigenvalue weighted by Crippen LogP contribution is -2.41. The van der Waals surface area contributed by atoms with E-state index in [1.54, 1.807) is 52.0 Å². The molecule has 0 bridgehead atoms. The predicted octanol–water partition coefficient (Wildman–Crippen LogP) is 7.57. The average molecular weight is 1240 g/mol. The van der Waals surface area contributed by atoms with E-state index in [-0.39, 0.29) is 113 Å². The lowest BCUT2D eigenvalue weighted by Gasteiger charge is -2.25. The molecule has 0 N–H and O–H groups in total. The summed E-state index contributed by atoms with van der Waals surface area (Å²) >= 11 is 0. The Labute approximate surface area is 538 Å². The van der Waals surface area contributed by atoms with Crippen LogP contribution in [0.25, 0.3) is 0 Å². The molecule has 0 spiro atoms. The molecule has 0 unspecified atom stereocenters. The minimum absolute atomic E-state index is 0.0213. The smallest absolute Gasteiger partial charge is 0.328 e. The number of aryl methyl sites for hydroxylation is 1. The first-order valence-electron chi connectivity index (χ1n) is 27.0. The van der Waals surface area contributed by atoms with Crippen molar-refractivity contribution in [2.75, 3.05) is 52.7 Å². The summed E-state index contributed by atoms with van der Waals surface area (Å²) in [5.74, 6) is 28.9. The van der Waals surface area contributed by atoms with Gasteiger partial charge in [0, 0.05) is 64.2 Å². The van der Waals surface area contributed by atoms with Gasteiger partial charge in [-0.3, -0.25) is 33.6 Å². The first-order valence-corrected chi connectivity index (χ1v) is 28.5. The largest absolute Gasteiger partial charge is 0.465 e. The molecule has 0 aromatic heterocycles. The van der Waals surface area contributed by atoms with Crippen LogP contribution in [0, 0.1) is 213 Å². The molecule has 0 saturated heterocycles. The standard InChI is InChI=1S/C13H13NO2S.C13H16O4.C12H14O3.C11H11NO2.C11H12O2.C7H8.C6H6O/c1-4-10-14(11-5-2)17(15,16)13-8-6-12(3)7-9-13;1-5-9-13(10-6-2,11(14)16-7-3)12(15)17-8-4;1-5-8-12(9-6-2,10(4)13)11(14)15-7-3;1-4-7-11(9-12,8-5-2)10(13)14-6-3;1-5-7-11(8-6-2,9(3)12)10(4)13;2*1-3-5-7-6-4-2/h1-2,6-9H,10-11H2,3H3;1-2H,7-10H2,3-4H3;1-2H,7-9H2,3-4H3;1-2H,6-8H2,3H3;1-2H,7-8H2,3-4H3;1-2H,5-7H2;1-2H,5-6H2. The normalized spacial score (nSPS) is 9.44. The van der Waals surface area contributed by atoms with Gasteiger partial charge in [0.05, 0.1) is 50.5 Å². The van der Waals surface area contributed by atoms with Crippen molar-refractivity contribution < 1.29 is 65.7 Å². The minimum atomic E-state index is -3.59. The monoisotopic (exact) mass is 1240 g/mol. The SMILES string of the molecule is C#CCC(C#N)(CC#C)C(=O)OCC.C#CCC(CC#C)(C(=O)OCC)C(=O)OCC.C#CCC(CC#C)(C(C)=O)C(=O)OCC.C#CCC(CC#C)(C(C)=O)C(C)=O.C#CCCCC#C.C#CCN(CC#C)S(=O)(=O)c1ccc(C)cc1.C#CCOCC#C. The van der Waals surface area contributed by atoms with E-state index < -0.39 is 55.6 Å². The van der Waals surface area contributed by atoms with Gasteiger partial charge in [-0.1, -0.05) is 41.4 Å². The van der Waals surface area contributed by atoms with Crippen molar-refractivity contribution in [1.29, 1.82) is 5.26 Å². The van der Waals surface area contributed by atoms with Crippen molar-refractivity contribution in [2.45, 2.75) is 131 Å². The highest BCUT2D eigenvalue weighted by Crippen LogP contribution is 2.32. The molecule has 0 heterocycles. The van der Waals surface area contributed by atoms with Gasteiger partial charge in [-0.15, -0.1) is 149 Å². The highest BCUT2D eigenvalue weighted by molar-refractivity contribution is 7.89. The van der Waals surface area contributed by atoms with Crippen molar-refractivity contribution in [1.82, 2.24) is 4.31 Å². The van der Waals surface area contributed by atoms with Gasteiger partial charge in [0.1, 0.15) is 41.4 Å². The van der Waals surface area contributed by atoms with Gasteiger partial charge in [0.25, 0.3) is 0 Å². The van der Waals surface area contributed by atoms with E-state index in [2.05, 4.69) is 87.6 Å². The molecule has 472 valence electrons. The van der Waals surface area contributed by atoms with Gasteiger partial charge >= 0.3 is 23.9 Å². The van der Waals surface area contributed by atoms with Gasteiger partial charge in [-0.05, 0) is 73.9 Å². The number of nitriles is 1. The molecule has 17 heteroatoms. The van der Waals surface area contributed by atoms with Crippen LogP contribution < -0.4 is 0 Å². The molecule has 0 amide bonds. The topological polar surface area (TPSA) is 227 Å². The number of carbonyl (C=O) groups is 7. The highest BCUT2D eigenvalue weighted by Gasteiger charge is 2.48. The molecule has 0 aliphatic rings. The summed E-state index contributed by atoms with van der Waals surface area (Å²) in [7, 11) is -3.59. The van der Waals surface area contributed by atoms with E-state index in [9.17, 15) is 42.0 Å². The summed E-state index contributed by atoms with van der Waals surface area (Å²) in [6.07, 6.45) is 73.2. The fourth-order valence-corrected chi connectivity index (χ4v) is 7.66.